The van der Waals surface area contributed by atoms with Crippen molar-refractivity contribution >= 4 is 30.2 Å². The van der Waals surface area contributed by atoms with Crippen molar-refractivity contribution in [2.75, 3.05) is 18.5 Å². The normalized spacial score (nSPS) is 9.61. The van der Waals surface area contributed by atoms with Gasteiger partial charge in [-0.3, -0.25) is 5.32 Å². The Kier molecular flexibility index (Phi) is 7.62. The van der Waals surface area contributed by atoms with Crippen molar-refractivity contribution in [1.82, 2.24) is 9.55 Å². The highest BCUT2D eigenvalue weighted by atomic mass is 35.5. The van der Waals surface area contributed by atoms with Crippen LogP contribution in [0.2, 0.25) is 0 Å². The lowest BCUT2D eigenvalue weighted by atomic mass is 10.2. The van der Waals surface area contributed by atoms with Crippen LogP contribution in [-0.2, 0) is 16.0 Å². The largest absolute Gasteiger partial charge is 0.462 e. The van der Waals surface area contributed by atoms with Gasteiger partial charge in [0.05, 0.1) is 25.0 Å². The first kappa shape index (κ1) is 18.5. The minimum atomic E-state index is -0.552. The highest BCUT2D eigenvalue weighted by molar-refractivity contribution is 5.91. The summed E-state index contributed by atoms with van der Waals surface area (Å²) in [6.07, 6.45) is 4.54. The maximum atomic E-state index is 11.6. The van der Waals surface area contributed by atoms with Gasteiger partial charge in [0.15, 0.2) is 0 Å². The average Bonchev–Trinajstić information content (AvgIpc) is 3.01. The molecule has 1 heterocycles. The van der Waals surface area contributed by atoms with Crippen LogP contribution in [0.15, 0.2) is 43.0 Å². The number of hydrogen-bond acceptors (Lipinski definition) is 5. The molecule has 2 rings (SSSR count). The third-order valence-corrected chi connectivity index (χ3v) is 2.78. The molecule has 124 valence electrons. The number of rotatable bonds is 6. The Hall–Kier alpha value is -2.54. The number of ether oxygens (including phenoxy) is 2. The van der Waals surface area contributed by atoms with E-state index in [0.29, 0.717) is 24.4 Å². The lowest BCUT2D eigenvalue weighted by molar-refractivity contribution is 0.0526. The SMILES string of the molecule is CCOC(=O)c1ccc(NC(=O)OCCn2ccnc2)cc1.Cl. The van der Waals surface area contributed by atoms with Crippen molar-refractivity contribution in [2.24, 2.45) is 0 Å². The maximum Gasteiger partial charge on any atom is 0.411 e. The van der Waals surface area contributed by atoms with E-state index in [1.54, 1.807) is 54.5 Å². The number of halogens is 1. The fourth-order valence-corrected chi connectivity index (χ4v) is 1.72. The second kappa shape index (κ2) is 9.47. The van der Waals surface area contributed by atoms with Crippen LogP contribution >= 0.6 is 12.4 Å². The van der Waals surface area contributed by atoms with E-state index >= 15 is 0 Å². The quantitative estimate of drug-likeness (QED) is 0.818. The smallest absolute Gasteiger partial charge is 0.411 e. The molecule has 1 aromatic heterocycles. The molecule has 0 unspecified atom stereocenters. The fraction of sp³-hybridized carbons (Fsp3) is 0.267. The zero-order valence-corrected chi connectivity index (χ0v) is 13.4. The third kappa shape index (κ3) is 5.99. The van der Waals surface area contributed by atoms with Crippen molar-refractivity contribution in [3.8, 4) is 0 Å². The average molecular weight is 340 g/mol. The number of benzene rings is 1. The first-order chi connectivity index (χ1) is 10.7. The van der Waals surface area contributed by atoms with Crippen LogP contribution in [0, 0.1) is 0 Å². The lowest BCUT2D eigenvalue weighted by Gasteiger charge is -2.08. The van der Waals surface area contributed by atoms with E-state index in [-0.39, 0.29) is 19.0 Å². The molecule has 0 bridgehead atoms. The van der Waals surface area contributed by atoms with Crippen LogP contribution in [0.1, 0.15) is 17.3 Å². The van der Waals surface area contributed by atoms with Crippen LogP contribution in [0.5, 0.6) is 0 Å². The number of aromatic nitrogens is 2. The summed E-state index contributed by atoms with van der Waals surface area (Å²) >= 11 is 0. The van der Waals surface area contributed by atoms with Gasteiger partial charge in [0.1, 0.15) is 6.61 Å². The predicted molar refractivity (Wildman–Crippen MR) is 86.8 cm³/mol. The van der Waals surface area contributed by atoms with Crippen LogP contribution in [0.3, 0.4) is 0 Å². The van der Waals surface area contributed by atoms with Gasteiger partial charge in [-0.2, -0.15) is 0 Å². The maximum absolute atomic E-state index is 11.6. The molecule has 7 nitrogen and oxygen atoms in total. The first-order valence-corrected chi connectivity index (χ1v) is 6.85. The fourth-order valence-electron chi connectivity index (χ4n) is 1.72. The molecule has 0 fully saturated rings. The van der Waals surface area contributed by atoms with E-state index < -0.39 is 12.1 Å². The monoisotopic (exact) mass is 339 g/mol. The molecular weight excluding hydrogens is 322 g/mol. The molecule has 1 amide bonds. The van der Waals surface area contributed by atoms with E-state index in [1.165, 1.54) is 0 Å². The minimum Gasteiger partial charge on any atom is -0.462 e. The van der Waals surface area contributed by atoms with Crippen LogP contribution in [0.4, 0.5) is 10.5 Å². The third-order valence-electron chi connectivity index (χ3n) is 2.78. The van der Waals surface area contributed by atoms with Gasteiger partial charge in [-0.05, 0) is 31.2 Å². The van der Waals surface area contributed by atoms with Gasteiger partial charge in [0.2, 0.25) is 0 Å². The first-order valence-electron chi connectivity index (χ1n) is 6.85. The predicted octanol–water partition coefficient (Wildman–Crippen LogP) is 2.73. The topological polar surface area (TPSA) is 82.5 Å². The molecule has 0 aliphatic rings. The number of anilines is 1. The molecule has 0 aliphatic heterocycles. The van der Waals surface area contributed by atoms with Gasteiger partial charge in [-0.25, -0.2) is 14.6 Å². The molecule has 0 saturated heterocycles. The second-order valence-electron chi connectivity index (χ2n) is 4.36. The Morgan fingerprint density at radius 2 is 1.96 bits per heavy atom. The summed E-state index contributed by atoms with van der Waals surface area (Å²) in [6.45, 7) is 2.84. The zero-order valence-electron chi connectivity index (χ0n) is 12.6. The molecule has 1 N–H and O–H groups in total. The summed E-state index contributed by atoms with van der Waals surface area (Å²) in [7, 11) is 0. The van der Waals surface area contributed by atoms with E-state index in [0.717, 1.165) is 0 Å². The molecule has 8 heteroatoms. The summed E-state index contributed by atoms with van der Waals surface area (Å²) in [4.78, 5) is 27.0. The molecule has 23 heavy (non-hydrogen) atoms. The van der Waals surface area contributed by atoms with E-state index in [1.807, 2.05) is 0 Å². The van der Waals surface area contributed by atoms with Crippen molar-refractivity contribution in [2.45, 2.75) is 13.5 Å². The van der Waals surface area contributed by atoms with Gasteiger partial charge in [-0.15, -0.1) is 12.4 Å². The standard InChI is InChI=1S/C15H17N3O4.ClH/c1-2-21-14(19)12-3-5-13(6-4-12)17-15(20)22-10-9-18-8-7-16-11-18;/h3-8,11H,2,9-10H2,1H3,(H,17,20);1H. The molecule has 0 atom stereocenters. The summed E-state index contributed by atoms with van der Waals surface area (Å²) < 4.78 is 11.7. The number of carbonyl (C=O) groups excluding carboxylic acids is 2. The molecule has 0 saturated carbocycles. The number of esters is 1. The van der Waals surface area contributed by atoms with Gasteiger partial charge in [0, 0.05) is 18.1 Å². The highest BCUT2D eigenvalue weighted by Gasteiger charge is 2.07. The summed E-state index contributed by atoms with van der Waals surface area (Å²) in [6, 6.07) is 6.39. The molecule has 1 aromatic carbocycles. The lowest BCUT2D eigenvalue weighted by Crippen LogP contribution is -2.16. The summed E-state index contributed by atoms with van der Waals surface area (Å²) in [5.74, 6) is -0.392. The van der Waals surface area contributed by atoms with Crippen LogP contribution in [0.25, 0.3) is 0 Å². The van der Waals surface area contributed by atoms with Gasteiger partial charge >= 0.3 is 12.1 Å². The Morgan fingerprint density at radius 3 is 2.57 bits per heavy atom. The van der Waals surface area contributed by atoms with Crippen molar-refractivity contribution in [3.05, 3.63) is 48.5 Å². The zero-order chi connectivity index (χ0) is 15.8. The summed E-state index contributed by atoms with van der Waals surface area (Å²) in [5, 5.41) is 2.58. The van der Waals surface area contributed by atoms with E-state index in [2.05, 4.69) is 10.3 Å². The molecule has 0 radical (unpaired) electrons. The Morgan fingerprint density at radius 1 is 1.22 bits per heavy atom. The van der Waals surface area contributed by atoms with E-state index in [9.17, 15) is 9.59 Å². The minimum absolute atomic E-state index is 0. The summed E-state index contributed by atoms with van der Waals surface area (Å²) in [5.41, 5.74) is 0.974. The number of amides is 1. The van der Waals surface area contributed by atoms with Crippen molar-refractivity contribution in [1.29, 1.82) is 0 Å². The molecule has 2 aromatic rings. The number of hydrogen-bond donors (Lipinski definition) is 1. The van der Waals surface area contributed by atoms with Crippen LogP contribution < -0.4 is 5.32 Å². The van der Waals surface area contributed by atoms with Gasteiger partial charge < -0.3 is 14.0 Å². The van der Waals surface area contributed by atoms with Crippen molar-refractivity contribution in [3.63, 3.8) is 0 Å². The van der Waals surface area contributed by atoms with Gasteiger partial charge in [-0.1, -0.05) is 0 Å². The highest BCUT2D eigenvalue weighted by Crippen LogP contribution is 2.11. The van der Waals surface area contributed by atoms with E-state index in [4.69, 9.17) is 9.47 Å². The Labute approximate surface area is 140 Å². The van der Waals surface area contributed by atoms with Crippen LogP contribution in [-0.4, -0.2) is 34.8 Å². The Bertz CT molecular complexity index is 614. The Balaban J connectivity index is 0.00000264. The second-order valence-corrected chi connectivity index (χ2v) is 4.36. The number of nitrogens with one attached hydrogen (secondary N) is 1. The number of carbonyl (C=O) groups is 2. The molecule has 0 aliphatic carbocycles. The molecular formula is C15H18ClN3O4. The van der Waals surface area contributed by atoms with Gasteiger partial charge in [0.25, 0.3) is 0 Å². The molecule has 0 spiro atoms. The number of imidazole rings is 1. The number of nitrogens with zero attached hydrogens (tertiary/aromatic N) is 2. The van der Waals surface area contributed by atoms with Crippen molar-refractivity contribution < 1.29 is 19.1 Å².